The molecule has 0 saturated carbocycles. The van der Waals surface area contributed by atoms with Crippen molar-refractivity contribution >= 4 is 18.4 Å². The molecule has 1 atom stereocenters. The van der Waals surface area contributed by atoms with E-state index in [4.69, 9.17) is 21.3 Å². The highest BCUT2D eigenvalue weighted by Gasteiger charge is 2.09. The number of hydrogen-bond donors (Lipinski definition) is 3. The highest BCUT2D eigenvalue weighted by atomic mass is 35.5. The predicted molar refractivity (Wildman–Crippen MR) is 42.7 cm³/mol. The number of carboxylic acid groups (broad SMARTS) is 1. The molecule has 0 fully saturated rings. The van der Waals surface area contributed by atoms with Crippen molar-refractivity contribution in [3.05, 3.63) is 0 Å². The van der Waals surface area contributed by atoms with Gasteiger partial charge in [-0.15, -0.1) is 12.4 Å². The van der Waals surface area contributed by atoms with Gasteiger partial charge in [-0.05, 0) is 0 Å². The first kappa shape index (κ1) is 13.2. The van der Waals surface area contributed by atoms with Gasteiger partial charge < -0.3 is 21.3 Å². The van der Waals surface area contributed by atoms with Crippen molar-refractivity contribution in [2.45, 2.75) is 6.04 Å². The van der Waals surface area contributed by atoms with Crippen LogP contribution in [-0.2, 0) is 9.53 Å². The third-order valence-electron chi connectivity index (χ3n) is 0.877. The molecular formula is C5H13ClN2O3. The first-order valence-electron chi connectivity index (χ1n) is 2.94. The molecule has 0 spiro atoms. The Kier molecular flexibility index (Phi) is 9.32. The molecule has 0 aromatic carbocycles. The molecule has 0 unspecified atom stereocenters. The van der Waals surface area contributed by atoms with E-state index in [1.807, 2.05) is 0 Å². The lowest BCUT2D eigenvalue weighted by molar-refractivity contribution is -0.139. The predicted octanol–water partition coefficient (Wildman–Crippen LogP) is -1.20. The van der Waals surface area contributed by atoms with E-state index >= 15 is 0 Å². The lowest BCUT2D eigenvalue weighted by Gasteiger charge is -2.05. The van der Waals surface area contributed by atoms with Crippen LogP contribution in [0, 0.1) is 0 Å². The molecule has 11 heavy (non-hydrogen) atoms. The lowest BCUT2D eigenvalue weighted by Crippen LogP contribution is -2.35. The highest BCUT2D eigenvalue weighted by molar-refractivity contribution is 5.85. The van der Waals surface area contributed by atoms with Crippen molar-refractivity contribution in [1.82, 2.24) is 0 Å². The summed E-state index contributed by atoms with van der Waals surface area (Å²) in [6, 6.07) is -0.938. The fraction of sp³-hybridized carbons (Fsp3) is 0.800. The molecule has 5 nitrogen and oxygen atoms in total. The number of rotatable bonds is 5. The number of aliphatic carboxylic acids is 1. The van der Waals surface area contributed by atoms with Gasteiger partial charge in [0.2, 0.25) is 0 Å². The third-order valence-corrected chi connectivity index (χ3v) is 0.877. The zero-order chi connectivity index (χ0) is 7.98. The van der Waals surface area contributed by atoms with Gasteiger partial charge in [-0.2, -0.15) is 0 Å². The van der Waals surface area contributed by atoms with E-state index in [0.717, 1.165) is 0 Å². The average molecular weight is 185 g/mol. The maximum atomic E-state index is 10.1. The van der Waals surface area contributed by atoms with Crippen LogP contribution in [0.1, 0.15) is 0 Å². The maximum Gasteiger partial charge on any atom is 0.322 e. The summed E-state index contributed by atoms with van der Waals surface area (Å²) in [4.78, 5) is 10.1. The van der Waals surface area contributed by atoms with Crippen molar-refractivity contribution < 1.29 is 14.6 Å². The Labute approximate surface area is 71.1 Å². The molecule has 0 bridgehead atoms. The molecule has 0 aliphatic heterocycles. The van der Waals surface area contributed by atoms with Gasteiger partial charge in [0, 0.05) is 6.54 Å². The summed E-state index contributed by atoms with van der Waals surface area (Å²) in [6.45, 7) is 0.750. The molecular weight excluding hydrogens is 172 g/mol. The Hall–Kier alpha value is -0.360. The van der Waals surface area contributed by atoms with E-state index in [9.17, 15) is 4.79 Å². The normalized spacial score (nSPS) is 11.8. The van der Waals surface area contributed by atoms with E-state index in [-0.39, 0.29) is 19.0 Å². The Morgan fingerprint density at radius 1 is 1.64 bits per heavy atom. The van der Waals surface area contributed by atoms with Crippen LogP contribution < -0.4 is 11.5 Å². The Bertz CT molecular complexity index is 112. The molecule has 68 valence electrons. The summed E-state index contributed by atoms with van der Waals surface area (Å²) in [6.07, 6.45) is 0. The monoisotopic (exact) mass is 184 g/mol. The van der Waals surface area contributed by atoms with E-state index in [1.165, 1.54) is 0 Å². The number of ether oxygens (including phenoxy) is 1. The van der Waals surface area contributed by atoms with Gasteiger partial charge in [-0.1, -0.05) is 0 Å². The van der Waals surface area contributed by atoms with Gasteiger partial charge in [0.05, 0.1) is 13.2 Å². The second-order valence-electron chi connectivity index (χ2n) is 1.81. The topological polar surface area (TPSA) is 98.6 Å². The summed E-state index contributed by atoms with van der Waals surface area (Å²) in [7, 11) is 0. The summed E-state index contributed by atoms with van der Waals surface area (Å²) < 4.78 is 4.78. The smallest absolute Gasteiger partial charge is 0.322 e. The van der Waals surface area contributed by atoms with Crippen molar-refractivity contribution in [2.24, 2.45) is 11.5 Å². The maximum absolute atomic E-state index is 10.1. The van der Waals surface area contributed by atoms with Crippen LogP contribution in [0.2, 0.25) is 0 Å². The zero-order valence-electron chi connectivity index (χ0n) is 6.03. The van der Waals surface area contributed by atoms with Crippen LogP contribution >= 0.6 is 12.4 Å². The molecule has 0 aliphatic rings. The van der Waals surface area contributed by atoms with Gasteiger partial charge in [0.1, 0.15) is 6.04 Å². The summed E-state index contributed by atoms with van der Waals surface area (Å²) in [5.74, 6) is -1.06. The minimum atomic E-state index is -1.06. The largest absolute Gasteiger partial charge is 0.480 e. The van der Waals surface area contributed by atoms with Crippen LogP contribution in [0.5, 0.6) is 0 Å². The molecule has 0 aromatic rings. The second kappa shape index (κ2) is 7.74. The minimum absolute atomic E-state index is 0. The number of carbonyl (C=O) groups is 1. The van der Waals surface area contributed by atoms with Crippen LogP contribution in [0.4, 0.5) is 0 Å². The Balaban J connectivity index is 0. The van der Waals surface area contributed by atoms with Crippen molar-refractivity contribution in [3.8, 4) is 0 Å². The van der Waals surface area contributed by atoms with Crippen LogP contribution in [-0.4, -0.2) is 36.9 Å². The van der Waals surface area contributed by atoms with Crippen LogP contribution in [0.15, 0.2) is 0 Å². The molecule has 0 saturated heterocycles. The average Bonchev–Trinajstić information content (AvgIpc) is 1.88. The SMILES string of the molecule is Cl.NCCOC[C@@H](N)C(=O)O. The molecule has 0 radical (unpaired) electrons. The molecule has 0 heterocycles. The van der Waals surface area contributed by atoms with Gasteiger partial charge in [0.15, 0.2) is 0 Å². The van der Waals surface area contributed by atoms with Gasteiger partial charge >= 0.3 is 5.97 Å². The van der Waals surface area contributed by atoms with Crippen LogP contribution in [0.3, 0.4) is 0 Å². The molecule has 0 aliphatic carbocycles. The minimum Gasteiger partial charge on any atom is -0.480 e. The lowest BCUT2D eigenvalue weighted by atomic mass is 10.3. The number of carboxylic acids is 1. The first-order chi connectivity index (χ1) is 4.68. The Morgan fingerprint density at radius 2 is 2.18 bits per heavy atom. The number of hydrogen-bond acceptors (Lipinski definition) is 4. The molecule has 0 amide bonds. The Morgan fingerprint density at radius 3 is 2.55 bits per heavy atom. The fourth-order valence-electron chi connectivity index (χ4n) is 0.365. The van der Waals surface area contributed by atoms with Crippen molar-refractivity contribution in [2.75, 3.05) is 19.8 Å². The van der Waals surface area contributed by atoms with E-state index in [0.29, 0.717) is 13.2 Å². The van der Waals surface area contributed by atoms with Crippen molar-refractivity contribution in [3.63, 3.8) is 0 Å². The van der Waals surface area contributed by atoms with E-state index < -0.39 is 12.0 Å². The quantitative estimate of drug-likeness (QED) is 0.466. The summed E-state index contributed by atoms with van der Waals surface area (Å²) >= 11 is 0. The van der Waals surface area contributed by atoms with Gasteiger partial charge in [0.25, 0.3) is 0 Å². The molecule has 0 rings (SSSR count). The third kappa shape index (κ3) is 7.54. The van der Waals surface area contributed by atoms with E-state index in [2.05, 4.69) is 0 Å². The second-order valence-corrected chi connectivity index (χ2v) is 1.81. The molecule has 5 N–H and O–H groups in total. The first-order valence-corrected chi connectivity index (χ1v) is 2.94. The number of nitrogens with two attached hydrogens (primary N) is 2. The molecule has 6 heteroatoms. The highest BCUT2D eigenvalue weighted by Crippen LogP contribution is 1.80. The summed E-state index contributed by atoms with van der Waals surface area (Å²) in [5.41, 5.74) is 10.2. The standard InChI is InChI=1S/C5H12N2O3.ClH/c6-1-2-10-3-4(7)5(8)9;/h4H,1-3,6-7H2,(H,8,9);1H/t4-;/m1./s1. The van der Waals surface area contributed by atoms with Gasteiger partial charge in [-0.25, -0.2) is 0 Å². The van der Waals surface area contributed by atoms with Crippen LogP contribution in [0.25, 0.3) is 0 Å². The van der Waals surface area contributed by atoms with E-state index in [1.54, 1.807) is 0 Å². The zero-order valence-corrected chi connectivity index (χ0v) is 6.84. The molecule has 0 aromatic heterocycles. The summed E-state index contributed by atoms with van der Waals surface area (Å²) in [5, 5.41) is 8.25. The number of halogens is 1. The van der Waals surface area contributed by atoms with Gasteiger partial charge in [-0.3, -0.25) is 4.79 Å². The fourth-order valence-corrected chi connectivity index (χ4v) is 0.365. The van der Waals surface area contributed by atoms with Crippen molar-refractivity contribution in [1.29, 1.82) is 0 Å².